The van der Waals surface area contributed by atoms with E-state index in [0.29, 0.717) is 13.0 Å². The van der Waals surface area contributed by atoms with E-state index in [1.165, 1.54) is 25.7 Å². The van der Waals surface area contributed by atoms with Gasteiger partial charge in [-0.3, -0.25) is 0 Å². The summed E-state index contributed by atoms with van der Waals surface area (Å²) in [6.45, 7) is 4.89. The molecule has 1 fully saturated rings. The molecule has 0 aliphatic heterocycles. The van der Waals surface area contributed by atoms with E-state index < -0.39 is 5.60 Å². The van der Waals surface area contributed by atoms with Crippen LogP contribution in [0.4, 0.5) is 0 Å². The Kier molecular flexibility index (Phi) is 5.03. The smallest absolute Gasteiger partial charge is 0.0765 e. The van der Waals surface area contributed by atoms with Crippen LogP contribution < -0.4 is 5.73 Å². The van der Waals surface area contributed by atoms with Crippen molar-refractivity contribution in [3.8, 4) is 0 Å². The number of aliphatic hydroxyl groups is 1. The summed E-state index contributed by atoms with van der Waals surface area (Å²) in [5.74, 6) is 0.896. The molecule has 2 unspecified atom stereocenters. The van der Waals surface area contributed by atoms with Crippen molar-refractivity contribution in [1.29, 1.82) is 0 Å². The quantitative estimate of drug-likeness (QED) is 0.679. The van der Waals surface area contributed by atoms with Crippen LogP contribution in [0, 0.1) is 5.92 Å². The third-order valence-electron chi connectivity index (χ3n) is 3.32. The van der Waals surface area contributed by atoms with E-state index in [4.69, 9.17) is 10.5 Å². The molecule has 1 aliphatic rings. The maximum absolute atomic E-state index is 9.75. The van der Waals surface area contributed by atoms with Gasteiger partial charge >= 0.3 is 0 Å². The number of hydrogen-bond donors (Lipinski definition) is 2. The van der Waals surface area contributed by atoms with Crippen LogP contribution in [0.5, 0.6) is 0 Å². The molecule has 1 saturated carbocycles. The van der Waals surface area contributed by atoms with Crippen molar-refractivity contribution in [2.45, 2.75) is 57.7 Å². The molecule has 3 nitrogen and oxygen atoms in total. The van der Waals surface area contributed by atoms with Crippen molar-refractivity contribution in [2.75, 3.05) is 13.2 Å². The van der Waals surface area contributed by atoms with Gasteiger partial charge in [0.15, 0.2) is 0 Å². The first-order valence-corrected chi connectivity index (χ1v) is 6.07. The fourth-order valence-corrected chi connectivity index (χ4v) is 1.98. The molecule has 0 amide bonds. The second kappa shape index (κ2) is 5.83. The van der Waals surface area contributed by atoms with Gasteiger partial charge in [-0.25, -0.2) is 0 Å². The average Bonchev–Trinajstić information content (AvgIpc) is 2.09. The second-order valence-corrected chi connectivity index (χ2v) is 5.17. The lowest BCUT2D eigenvalue weighted by molar-refractivity contribution is -0.0224. The Bertz CT molecular complexity index is 178. The third kappa shape index (κ3) is 4.96. The second-order valence-electron chi connectivity index (χ2n) is 5.17. The highest BCUT2D eigenvalue weighted by Gasteiger charge is 2.22. The molecular formula is C12H25NO2. The molecule has 0 heterocycles. The van der Waals surface area contributed by atoms with Crippen LogP contribution in [0.15, 0.2) is 0 Å². The minimum atomic E-state index is -0.782. The highest BCUT2D eigenvalue weighted by molar-refractivity contribution is 4.76. The van der Waals surface area contributed by atoms with Gasteiger partial charge < -0.3 is 15.6 Å². The number of ether oxygens (including phenoxy) is 1. The van der Waals surface area contributed by atoms with E-state index in [0.717, 1.165) is 12.5 Å². The molecule has 1 aliphatic carbocycles. The lowest BCUT2D eigenvalue weighted by Gasteiger charge is -2.28. The molecule has 15 heavy (non-hydrogen) atoms. The Morgan fingerprint density at radius 2 is 2.20 bits per heavy atom. The van der Waals surface area contributed by atoms with Crippen LogP contribution in [0.25, 0.3) is 0 Å². The maximum Gasteiger partial charge on any atom is 0.0765 e. The molecule has 0 aromatic heterocycles. The van der Waals surface area contributed by atoms with Gasteiger partial charge in [-0.05, 0) is 26.2 Å². The molecule has 0 spiro atoms. The molecule has 0 aromatic rings. The lowest BCUT2D eigenvalue weighted by atomic mass is 9.83. The molecule has 0 aromatic carbocycles. The third-order valence-corrected chi connectivity index (χ3v) is 3.32. The first-order chi connectivity index (χ1) is 7.03. The number of hydrogen-bond acceptors (Lipinski definition) is 3. The zero-order valence-corrected chi connectivity index (χ0v) is 10.0. The molecule has 0 bridgehead atoms. The van der Waals surface area contributed by atoms with Crippen molar-refractivity contribution in [1.82, 2.24) is 0 Å². The maximum atomic E-state index is 9.75. The minimum absolute atomic E-state index is 0.101. The summed E-state index contributed by atoms with van der Waals surface area (Å²) in [6.07, 6.45) is 6.03. The monoisotopic (exact) mass is 215 g/mol. The fourth-order valence-electron chi connectivity index (χ4n) is 1.98. The van der Waals surface area contributed by atoms with Crippen molar-refractivity contribution in [3.63, 3.8) is 0 Å². The molecule has 3 heteroatoms. The van der Waals surface area contributed by atoms with Crippen LogP contribution in [0.1, 0.15) is 46.0 Å². The van der Waals surface area contributed by atoms with Crippen LogP contribution in [0.2, 0.25) is 0 Å². The first-order valence-electron chi connectivity index (χ1n) is 6.07. The zero-order valence-electron chi connectivity index (χ0n) is 10.0. The van der Waals surface area contributed by atoms with E-state index >= 15 is 0 Å². The molecule has 3 N–H and O–H groups in total. The van der Waals surface area contributed by atoms with Crippen molar-refractivity contribution >= 4 is 0 Å². The fraction of sp³-hybridized carbons (Fsp3) is 1.00. The van der Waals surface area contributed by atoms with E-state index in [1.807, 2.05) is 6.92 Å². The Labute approximate surface area is 93.0 Å². The Morgan fingerprint density at radius 3 is 2.67 bits per heavy atom. The summed E-state index contributed by atoms with van der Waals surface area (Å²) in [5.41, 5.74) is 4.67. The average molecular weight is 215 g/mol. The summed E-state index contributed by atoms with van der Waals surface area (Å²) in [6, 6.07) is 0. The summed E-state index contributed by atoms with van der Waals surface area (Å²) in [5, 5.41) is 9.75. The molecule has 2 atom stereocenters. The standard InChI is InChI=1S/C12H25NO2/c1-10(8-12(2,14)9-13)15-7-6-11-4-3-5-11/h10-11,14H,3-9,13H2,1-2H3. The van der Waals surface area contributed by atoms with E-state index in [1.54, 1.807) is 6.92 Å². The molecular weight excluding hydrogens is 190 g/mol. The van der Waals surface area contributed by atoms with Crippen molar-refractivity contribution < 1.29 is 9.84 Å². The van der Waals surface area contributed by atoms with Gasteiger partial charge in [0.25, 0.3) is 0 Å². The molecule has 0 saturated heterocycles. The molecule has 90 valence electrons. The molecule has 1 rings (SSSR count). The highest BCUT2D eigenvalue weighted by Crippen LogP contribution is 2.29. The van der Waals surface area contributed by atoms with Gasteiger partial charge in [-0.1, -0.05) is 19.3 Å². The van der Waals surface area contributed by atoms with Crippen molar-refractivity contribution in [2.24, 2.45) is 11.7 Å². The van der Waals surface area contributed by atoms with Gasteiger partial charge in [0.2, 0.25) is 0 Å². The van der Waals surface area contributed by atoms with Gasteiger partial charge in [0.1, 0.15) is 0 Å². The van der Waals surface area contributed by atoms with Crippen LogP contribution in [-0.2, 0) is 4.74 Å². The topological polar surface area (TPSA) is 55.5 Å². The lowest BCUT2D eigenvalue weighted by Crippen LogP contribution is -2.37. The van der Waals surface area contributed by atoms with E-state index in [2.05, 4.69) is 0 Å². The number of rotatable bonds is 7. The summed E-state index contributed by atoms with van der Waals surface area (Å²) < 4.78 is 5.67. The Hall–Kier alpha value is -0.120. The normalized spacial score (nSPS) is 23.2. The van der Waals surface area contributed by atoms with Gasteiger partial charge in [-0.2, -0.15) is 0 Å². The van der Waals surface area contributed by atoms with Crippen LogP contribution >= 0.6 is 0 Å². The largest absolute Gasteiger partial charge is 0.389 e. The first kappa shape index (κ1) is 12.9. The van der Waals surface area contributed by atoms with Gasteiger partial charge in [0.05, 0.1) is 11.7 Å². The summed E-state index contributed by atoms with van der Waals surface area (Å²) in [7, 11) is 0. The van der Waals surface area contributed by atoms with Crippen molar-refractivity contribution in [3.05, 3.63) is 0 Å². The highest BCUT2D eigenvalue weighted by atomic mass is 16.5. The van der Waals surface area contributed by atoms with E-state index in [9.17, 15) is 5.11 Å². The summed E-state index contributed by atoms with van der Waals surface area (Å²) >= 11 is 0. The SMILES string of the molecule is CC(CC(C)(O)CN)OCCC1CCC1. The van der Waals surface area contributed by atoms with E-state index in [-0.39, 0.29) is 6.10 Å². The van der Waals surface area contributed by atoms with Gasteiger partial charge in [0, 0.05) is 19.6 Å². The summed E-state index contributed by atoms with van der Waals surface area (Å²) in [4.78, 5) is 0. The molecule has 0 radical (unpaired) electrons. The van der Waals surface area contributed by atoms with Crippen LogP contribution in [-0.4, -0.2) is 30.0 Å². The Morgan fingerprint density at radius 1 is 1.53 bits per heavy atom. The zero-order chi connectivity index (χ0) is 11.3. The minimum Gasteiger partial charge on any atom is -0.389 e. The predicted octanol–water partition coefficient (Wildman–Crippen LogP) is 1.68. The Balaban J connectivity index is 2.04. The predicted molar refractivity (Wildman–Crippen MR) is 61.7 cm³/mol. The van der Waals surface area contributed by atoms with Gasteiger partial charge in [-0.15, -0.1) is 0 Å². The van der Waals surface area contributed by atoms with Crippen LogP contribution in [0.3, 0.4) is 0 Å². The number of nitrogens with two attached hydrogens (primary N) is 1.